The number of hydrogen-bond donors (Lipinski definition) is 0. The monoisotopic (exact) mass is 195 g/mol. The molecule has 2 aromatic heterocycles. The number of nitrogens with zero attached hydrogens (tertiary/aromatic N) is 5. The number of nitriles is 2. The molecule has 0 saturated carbocycles. The van der Waals surface area contributed by atoms with Gasteiger partial charge in [0, 0.05) is 12.4 Å². The molecule has 0 aliphatic carbocycles. The number of rotatable bonds is 1. The summed E-state index contributed by atoms with van der Waals surface area (Å²) < 4.78 is 1.53. The lowest BCUT2D eigenvalue weighted by atomic mass is 10.4. The van der Waals surface area contributed by atoms with Gasteiger partial charge in [0.05, 0.1) is 0 Å². The second-order valence-electron chi connectivity index (χ2n) is 2.73. The van der Waals surface area contributed by atoms with Crippen molar-refractivity contribution < 1.29 is 0 Å². The van der Waals surface area contributed by atoms with Crippen LogP contribution < -0.4 is 0 Å². The summed E-state index contributed by atoms with van der Waals surface area (Å²) in [7, 11) is 0. The van der Waals surface area contributed by atoms with E-state index in [1.54, 1.807) is 18.3 Å². The first-order valence-electron chi connectivity index (χ1n) is 4.16. The summed E-state index contributed by atoms with van der Waals surface area (Å²) in [6.07, 6.45) is 3.16. The first-order chi connectivity index (χ1) is 7.35. The molecule has 0 aromatic carbocycles. The van der Waals surface area contributed by atoms with Crippen LogP contribution >= 0.6 is 0 Å². The summed E-state index contributed by atoms with van der Waals surface area (Å²) in [6.45, 7) is 0. The van der Waals surface area contributed by atoms with Crippen molar-refractivity contribution >= 4 is 0 Å². The molecule has 15 heavy (non-hydrogen) atoms. The van der Waals surface area contributed by atoms with Gasteiger partial charge in [-0.3, -0.25) is 4.57 Å². The van der Waals surface area contributed by atoms with Crippen LogP contribution in [0.4, 0.5) is 0 Å². The van der Waals surface area contributed by atoms with E-state index >= 15 is 0 Å². The van der Waals surface area contributed by atoms with E-state index in [4.69, 9.17) is 10.5 Å². The summed E-state index contributed by atoms with van der Waals surface area (Å²) in [5.41, 5.74) is 0.711. The van der Waals surface area contributed by atoms with Crippen LogP contribution in [0.5, 0.6) is 0 Å². The lowest BCUT2D eigenvalue weighted by Gasteiger charge is -2.01. The summed E-state index contributed by atoms with van der Waals surface area (Å²) >= 11 is 0. The summed E-state index contributed by atoms with van der Waals surface area (Å²) in [6, 6.07) is 8.82. The molecule has 2 rings (SSSR count). The minimum atomic E-state index is 0.276. The molecule has 0 fully saturated rings. The quantitative estimate of drug-likeness (QED) is 0.680. The Hall–Kier alpha value is -2.66. The molecule has 70 valence electrons. The molecule has 0 saturated heterocycles. The molecule has 5 nitrogen and oxygen atoms in total. The number of aromatic nitrogens is 3. The van der Waals surface area contributed by atoms with Crippen LogP contribution in [0.1, 0.15) is 11.4 Å². The van der Waals surface area contributed by atoms with Crippen LogP contribution in [0.25, 0.3) is 5.95 Å². The van der Waals surface area contributed by atoms with Gasteiger partial charge in [0.15, 0.2) is 0 Å². The number of hydrogen-bond acceptors (Lipinski definition) is 4. The van der Waals surface area contributed by atoms with Gasteiger partial charge in [-0.05, 0) is 18.2 Å². The molecule has 0 amide bonds. The van der Waals surface area contributed by atoms with E-state index in [2.05, 4.69) is 9.97 Å². The minimum absolute atomic E-state index is 0.276. The Labute approximate surface area is 85.9 Å². The fourth-order valence-electron chi connectivity index (χ4n) is 1.17. The summed E-state index contributed by atoms with van der Waals surface area (Å²) in [5, 5.41) is 17.5. The maximum atomic E-state index is 8.80. The highest BCUT2D eigenvalue weighted by Crippen LogP contribution is 2.07. The van der Waals surface area contributed by atoms with Gasteiger partial charge in [-0.1, -0.05) is 0 Å². The average Bonchev–Trinajstić information content (AvgIpc) is 2.77. The summed E-state index contributed by atoms with van der Waals surface area (Å²) in [4.78, 5) is 7.97. The van der Waals surface area contributed by atoms with E-state index in [0.29, 0.717) is 11.6 Å². The topological polar surface area (TPSA) is 78.3 Å². The van der Waals surface area contributed by atoms with Crippen molar-refractivity contribution in [1.29, 1.82) is 10.5 Å². The van der Waals surface area contributed by atoms with Gasteiger partial charge in [-0.25, -0.2) is 9.97 Å². The van der Waals surface area contributed by atoms with Crippen LogP contribution in [0.2, 0.25) is 0 Å². The van der Waals surface area contributed by atoms with Crippen molar-refractivity contribution in [2.75, 3.05) is 0 Å². The van der Waals surface area contributed by atoms with E-state index in [0.717, 1.165) is 0 Å². The van der Waals surface area contributed by atoms with Crippen LogP contribution in [0, 0.1) is 22.7 Å². The molecular formula is C10H5N5. The van der Waals surface area contributed by atoms with Crippen molar-refractivity contribution in [1.82, 2.24) is 14.5 Å². The third-order valence-corrected chi connectivity index (χ3v) is 1.84. The minimum Gasteiger partial charge on any atom is -0.276 e. The Kier molecular flexibility index (Phi) is 2.14. The van der Waals surface area contributed by atoms with Crippen LogP contribution in [-0.2, 0) is 0 Å². The normalized spacial score (nSPS) is 9.20. The molecule has 0 atom stereocenters. The Balaban J connectivity index is 2.56. The highest BCUT2D eigenvalue weighted by Gasteiger charge is 2.05. The highest BCUT2D eigenvalue weighted by molar-refractivity contribution is 5.31. The SMILES string of the molecule is N#Cc1ccnc(-n2cccc2C#N)n1. The Morgan fingerprint density at radius 1 is 1.20 bits per heavy atom. The van der Waals surface area contributed by atoms with Crippen molar-refractivity contribution in [3.05, 3.63) is 42.0 Å². The Bertz CT molecular complexity index is 570. The molecule has 0 N–H and O–H groups in total. The van der Waals surface area contributed by atoms with E-state index in [1.165, 1.54) is 16.8 Å². The Morgan fingerprint density at radius 2 is 2.07 bits per heavy atom. The van der Waals surface area contributed by atoms with E-state index in [-0.39, 0.29) is 5.69 Å². The molecule has 0 aliphatic rings. The zero-order chi connectivity index (χ0) is 10.7. The molecule has 0 unspecified atom stereocenters. The fourth-order valence-corrected chi connectivity index (χ4v) is 1.17. The van der Waals surface area contributed by atoms with E-state index < -0.39 is 0 Å². The van der Waals surface area contributed by atoms with Crippen molar-refractivity contribution in [3.8, 4) is 18.1 Å². The standard InChI is InChI=1S/C10H5N5/c11-6-8-3-4-13-10(14-8)15-5-1-2-9(15)7-12/h1-5H. The predicted molar refractivity (Wildman–Crippen MR) is 50.8 cm³/mol. The van der Waals surface area contributed by atoms with Crippen LogP contribution in [-0.4, -0.2) is 14.5 Å². The van der Waals surface area contributed by atoms with Gasteiger partial charge >= 0.3 is 0 Å². The van der Waals surface area contributed by atoms with Crippen molar-refractivity contribution in [2.45, 2.75) is 0 Å². The van der Waals surface area contributed by atoms with Gasteiger partial charge in [0.25, 0.3) is 0 Å². The first-order valence-corrected chi connectivity index (χ1v) is 4.16. The van der Waals surface area contributed by atoms with Gasteiger partial charge in [0.1, 0.15) is 23.5 Å². The second kappa shape index (κ2) is 3.60. The van der Waals surface area contributed by atoms with E-state index in [9.17, 15) is 0 Å². The van der Waals surface area contributed by atoms with Gasteiger partial charge in [-0.2, -0.15) is 10.5 Å². The second-order valence-corrected chi connectivity index (χ2v) is 2.73. The molecule has 0 spiro atoms. The molecule has 2 heterocycles. The lowest BCUT2D eigenvalue weighted by Crippen LogP contribution is -2.02. The zero-order valence-electron chi connectivity index (χ0n) is 7.62. The van der Waals surface area contributed by atoms with Gasteiger partial charge < -0.3 is 0 Å². The smallest absolute Gasteiger partial charge is 0.235 e. The largest absolute Gasteiger partial charge is 0.276 e. The summed E-state index contributed by atoms with van der Waals surface area (Å²) in [5.74, 6) is 0.329. The molecule has 0 bridgehead atoms. The van der Waals surface area contributed by atoms with Gasteiger partial charge in [-0.15, -0.1) is 0 Å². The van der Waals surface area contributed by atoms with E-state index in [1.807, 2.05) is 12.1 Å². The maximum Gasteiger partial charge on any atom is 0.235 e. The highest BCUT2D eigenvalue weighted by atomic mass is 15.1. The fraction of sp³-hybridized carbons (Fsp3) is 0. The predicted octanol–water partition coefficient (Wildman–Crippen LogP) is 1.01. The van der Waals surface area contributed by atoms with Crippen molar-refractivity contribution in [2.24, 2.45) is 0 Å². The first kappa shape index (κ1) is 8.92. The third kappa shape index (κ3) is 1.54. The molecule has 0 radical (unpaired) electrons. The zero-order valence-corrected chi connectivity index (χ0v) is 7.62. The average molecular weight is 195 g/mol. The van der Waals surface area contributed by atoms with Gasteiger partial charge in [0.2, 0.25) is 5.95 Å². The molecule has 2 aromatic rings. The lowest BCUT2D eigenvalue weighted by molar-refractivity contribution is 0.915. The molecule has 0 aliphatic heterocycles. The van der Waals surface area contributed by atoms with Crippen LogP contribution in [0.15, 0.2) is 30.6 Å². The maximum absolute atomic E-state index is 8.80. The molecule has 5 heteroatoms. The molecular weight excluding hydrogens is 190 g/mol. The van der Waals surface area contributed by atoms with Crippen LogP contribution in [0.3, 0.4) is 0 Å². The third-order valence-electron chi connectivity index (χ3n) is 1.84. The van der Waals surface area contributed by atoms with Crippen molar-refractivity contribution in [3.63, 3.8) is 0 Å². The Morgan fingerprint density at radius 3 is 2.80 bits per heavy atom.